The molecule has 0 unspecified atom stereocenters. The number of carbonyl (C=O) groups excluding carboxylic acids is 1. The van der Waals surface area contributed by atoms with Gasteiger partial charge in [-0.05, 0) is 53.1 Å². The molecule has 5 aromatic carbocycles. The third-order valence-electron chi connectivity index (χ3n) is 10.2. The number of hydrogen-bond donors (Lipinski definition) is 11. The maximum Gasteiger partial charge on any atom is 0.312 e. The first-order valence-corrected chi connectivity index (χ1v) is 16.6. The van der Waals surface area contributed by atoms with Crippen molar-refractivity contribution in [3.8, 4) is 69.0 Å². The van der Waals surface area contributed by atoms with Gasteiger partial charge in [0.15, 0.2) is 40.6 Å². The average molecular weight is 741 g/mol. The highest BCUT2D eigenvalue weighted by Gasteiger charge is 2.49. The first-order valence-electron chi connectivity index (χ1n) is 16.6. The van der Waals surface area contributed by atoms with Gasteiger partial charge in [0.1, 0.15) is 46.7 Å². The Balaban J connectivity index is 1.39. The van der Waals surface area contributed by atoms with Gasteiger partial charge in [-0.1, -0.05) is 18.2 Å². The summed E-state index contributed by atoms with van der Waals surface area (Å²) in [6.45, 7) is 0. The van der Waals surface area contributed by atoms with Crippen molar-refractivity contribution in [3.63, 3.8) is 0 Å². The fourth-order valence-electron chi connectivity index (χ4n) is 7.66. The minimum atomic E-state index is -1.74. The molecule has 15 nitrogen and oxygen atoms in total. The van der Waals surface area contributed by atoms with Crippen LogP contribution in [0.2, 0.25) is 0 Å². The van der Waals surface area contributed by atoms with Gasteiger partial charge >= 0.3 is 5.97 Å². The van der Waals surface area contributed by atoms with Crippen LogP contribution in [0.15, 0.2) is 66.7 Å². The third-order valence-corrected chi connectivity index (χ3v) is 10.2. The lowest BCUT2D eigenvalue weighted by Gasteiger charge is -2.42. The van der Waals surface area contributed by atoms with Crippen LogP contribution in [0, 0.1) is 0 Å². The predicted molar refractivity (Wildman–Crippen MR) is 184 cm³/mol. The number of fused-ring (bicyclic) bond motifs is 4. The van der Waals surface area contributed by atoms with Crippen molar-refractivity contribution in [2.24, 2.45) is 0 Å². The van der Waals surface area contributed by atoms with Gasteiger partial charge in [-0.3, -0.25) is 4.79 Å². The molecule has 0 spiro atoms. The number of phenolic OH excluding ortho intramolecular Hbond substituents is 9. The van der Waals surface area contributed by atoms with Crippen LogP contribution < -0.4 is 14.2 Å². The van der Waals surface area contributed by atoms with Crippen molar-refractivity contribution in [2.75, 3.05) is 0 Å². The second-order valence-corrected chi connectivity index (χ2v) is 13.5. The van der Waals surface area contributed by atoms with Crippen LogP contribution in [0.25, 0.3) is 0 Å². The second-order valence-electron chi connectivity index (χ2n) is 13.5. The number of phenols is 9. The highest BCUT2D eigenvalue weighted by Crippen LogP contribution is 2.60. The van der Waals surface area contributed by atoms with Crippen LogP contribution in [0.5, 0.6) is 69.0 Å². The number of benzene rings is 5. The van der Waals surface area contributed by atoms with Crippen LogP contribution in [0.3, 0.4) is 0 Å². The van der Waals surface area contributed by atoms with E-state index in [4.69, 9.17) is 14.2 Å². The van der Waals surface area contributed by atoms with Gasteiger partial charge in [0.05, 0.1) is 18.4 Å². The van der Waals surface area contributed by atoms with Gasteiger partial charge in [0, 0.05) is 46.7 Å². The molecular formula is C39H32O15. The van der Waals surface area contributed by atoms with Crippen LogP contribution in [-0.2, 0) is 11.2 Å². The van der Waals surface area contributed by atoms with E-state index in [1.54, 1.807) is 0 Å². The Morgan fingerprint density at radius 2 is 1.02 bits per heavy atom. The van der Waals surface area contributed by atoms with E-state index in [9.17, 15) is 61.0 Å². The van der Waals surface area contributed by atoms with Crippen molar-refractivity contribution in [2.45, 2.75) is 49.1 Å². The first-order chi connectivity index (χ1) is 25.7. The third kappa shape index (κ3) is 5.40. The monoisotopic (exact) mass is 740 g/mol. The van der Waals surface area contributed by atoms with Crippen molar-refractivity contribution in [1.29, 1.82) is 0 Å². The Labute approximate surface area is 304 Å². The molecule has 0 aromatic heterocycles. The Morgan fingerprint density at radius 1 is 0.500 bits per heavy atom. The molecule has 8 rings (SSSR count). The van der Waals surface area contributed by atoms with Crippen molar-refractivity contribution in [1.82, 2.24) is 0 Å². The quantitative estimate of drug-likeness (QED) is 0.0702. The second kappa shape index (κ2) is 12.5. The van der Waals surface area contributed by atoms with Gasteiger partial charge < -0.3 is 70.4 Å². The summed E-state index contributed by atoms with van der Waals surface area (Å²) in [5.74, 6) is -8.07. The molecule has 0 aliphatic carbocycles. The summed E-state index contributed by atoms with van der Waals surface area (Å²) in [4.78, 5) is 12.9. The Hall–Kier alpha value is -6.71. The number of aliphatic hydroxyl groups is 2. The minimum Gasteiger partial charge on any atom is -0.507 e. The lowest BCUT2D eigenvalue weighted by Crippen LogP contribution is -2.37. The van der Waals surface area contributed by atoms with E-state index in [0.717, 1.165) is 24.3 Å². The minimum absolute atomic E-state index is 0.0254. The number of rotatable bonds is 4. The normalized spacial score (nSPS) is 22.9. The van der Waals surface area contributed by atoms with Gasteiger partial charge in [-0.25, -0.2) is 0 Å². The summed E-state index contributed by atoms with van der Waals surface area (Å²) in [5.41, 5.74) is 0.580. The molecule has 15 heteroatoms. The molecule has 0 amide bonds. The number of aliphatic hydroxyl groups excluding tert-OH is 2. The number of aromatic hydroxyl groups is 9. The Kier molecular flexibility index (Phi) is 7.93. The van der Waals surface area contributed by atoms with Crippen molar-refractivity contribution < 1.29 is 75.2 Å². The number of hydrogen-bond acceptors (Lipinski definition) is 15. The molecule has 0 radical (unpaired) electrons. The van der Waals surface area contributed by atoms with Gasteiger partial charge in [-0.15, -0.1) is 0 Å². The first kappa shape index (κ1) is 34.4. The molecule has 6 atom stereocenters. The average Bonchev–Trinajstić information content (AvgIpc) is 3.12. The lowest BCUT2D eigenvalue weighted by atomic mass is 9.74. The van der Waals surface area contributed by atoms with Crippen LogP contribution in [0.4, 0.5) is 0 Å². The van der Waals surface area contributed by atoms with Crippen LogP contribution >= 0.6 is 0 Å². The van der Waals surface area contributed by atoms with E-state index in [2.05, 4.69) is 0 Å². The topological polar surface area (TPSA) is 267 Å². The molecule has 3 aliphatic heterocycles. The number of ether oxygens (including phenoxy) is 3. The van der Waals surface area contributed by atoms with E-state index in [1.807, 2.05) is 0 Å². The lowest BCUT2D eigenvalue weighted by molar-refractivity contribution is -0.135. The number of carbonyl (C=O) groups is 1. The maximum atomic E-state index is 12.9. The van der Waals surface area contributed by atoms with Gasteiger partial charge in [-0.2, -0.15) is 0 Å². The summed E-state index contributed by atoms with van der Waals surface area (Å²) in [5, 5.41) is 119. The number of esters is 1. The molecular weight excluding hydrogens is 708 g/mol. The van der Waals surface area contributed by atoms with E-state index in [1.165, 1.54) is 42.5 Å². The maximum absolute atomic E-state index is 12.9. The zero-order valence-corrected chi connectivity index (χ0v) is 27.8. The van der Waals surface area contributed by atoms with Crippen LogP contribution in [-0.4, -0.2) is 74.3 Å². The van der Waals surface area contributed by atoms with E-state index >= 15 is 0 Å². The van der Waals surface area contributed by atoms with E-state index in [-0.39, 0.29) is 63.5 Å². The highest BCUT2D eigenvalue weighted by atomic mass is 16.5. The summed E-state index contributed by atoms with van der Waals surface area (Å²) in [6.07, 6.45) is -6.28. The summed E-state index contributed by atoms with van der Waals surface area (Å²) in [7, 11) is 0. The molecule has 11 N–H and O–H groups in total. The SMILES string of the molecule is O=C1C[C@H](c2ccc(O)c(O)c2)c2c(cc(O)c3c2O[C@H](c2ccc(O)c(O)c2)[C@H](O)[C@H]3c2c(O)cc(O)c3c2O[C@H](c2ccc(O)c(O)c2)[C@H](O)C3)O1. The highest BCUT2D eigenvalue weighted by molar-refractivity contribution is 5.81. The van der Waals surface area contributed by atoms with Gasteiger partial charge in [0.25, 0.3) is 0 Å². The zero-order valence-electron chi connectivity index (χ0n) is 27.8. The molecule has 0 fully saturated rings. The fraction of sp³-hybridized carbons (Fsp3) is 0.205. The largest absolute Gasteiger partial charge is 0.507 e. The van der Waals surface area contributed by atoms with Crippen molar-refractivity contribution in [3.05, 3.63) is 106 Å². The fourth-order valence-corrected chi connectivity index (χ4v) is 7.66. The molecule has 5 aromatic rings. The molecule has 3 aliphatic rings. The smallest absolute Gasteiger partial charge is 0.312 e. The molecule has 3 heterocycles. The molecule has 0 saturated heterocycles. The summed E-state index contributed by atoms with van der Waals surface area (Å²) >= 11 is 0. The van der Waals surface area contributed by atoms with Crippen molar-refractivity contribution >= 4 is 5.97 Å². The van der Waals surface area contributed by atoms with E-state index in [0.29, 0.717) is 5.56 Å². The predicted octanol–water partition coefficient (Wildman–Crippen LogP) is 4.14. The summed E-state index contributed by atoms with van der Waals surface area (Å²) < 4.78 is 18.3. The summed E-state index contributed by atoms with van der Waals surface area (Å²) in [6, 6.07) is 13.5. The van der Waals surface area contributed by atoms with Gasteiger partial charge in [0.2, 0.25) is 0 Å². The Bertz CT molecular complexity index is 2370. The molecule has 54 heavy (non-hydrogen) atoms. The molecule has 278 valence electrons. The standard InChI is InChI=1S/C39H32O15/c40-19-4-1-14(7-23(19)44)17-11-30(50)52-29-13-27(48)33-34(35(51)37(54-39(33)31(17)29)16-3-6-21(42)25(46)9-16)32-26(47)12-22(43)18-10-28(49)36(53-38(18)32)15-2-5-20(41)24(45)8-15/h1-9,12-13,17,28,34-37,40-49,51H,10-11H2/t17-,28-,34+,35-,36-,37-/m1/s1. The molecule has 0 bridgehead atoms. The van der Waals surface area contributed by atoms with Crippen LogP contribution in [0.1, 0.15) is 69.4 Å². The molecule has 0 saturated carbocycles. The Morgan fingerprint density at radius 3 is 1.63 bits per heavy atom. The zero-order chi connectivity index (χ0) is 38.3. The van der Waals surface area contributed by atoms with E-state index < -0.39 is 94.0 Å².